The fourth-order valence-electron chi connectivity index (χ4n) is 3.61. The maximum absolute atomic E-state index is 12.5. The molecule has 1 saturated heterocycles. The average Bonchev–Trinajstić information content (AvgIpc) is 3.32. The molecule has 1 fully saturated rings. The highest BCUT2D eigenvalue weighted by Crippen LogP contribution is 2.36. The number of aromatic nitrogens is 3. The van der Waals surface area contributed by atoms with E-state index >= 15 is 0 Å². The molecular formula is C21H25N5O3S. The van der Waals surface area contributed by atoms with Gasteiger partial charge in [-0.3, -0.25) is 9.78 Å². The zero-order valence-electron chi connectivity index (χ0n) is 17.5. The number of nitrogens with one attached hydrogen (secondary N) is 1. The van der Waals surface area contributed by atoms with E-state index in [1.54, 1.807) is 24.5 Å². The molecule has 0 aliphatic carbocycles. The van der Waals surface area contributed by atoms with Crippen molar-refractivity contribution in [2.45, 2.75) is 46.4 Å². The van der Waals surface area contributed by atoms with Gasteiger partial charge in [-0.1, -0.05) is 16.5 Å². The predicted octanol–water partition coefficient (Wildman–Crippen LogP) is 3.35. The van der Waals surface area contributed by atoms with Gasteiger partial charge >= 0.3 is 0 Å². The number of amides is 1. The molecular weight excluding hydrogens is 402 g/mol. The van der Waals surface area contributed by atoms with Crippen molar-refractivity contribution >= 4 is 22.4 Å². The molecule has 2 atom stereocenters. The third-order valence-corrected chi connectivity index (χ3v) is 6.15. The number of morpholine rings is 1. The second-order valence-electron chi connectivity index (χ2n) is 7.62. The number of ether oxygens (including phenoxy) is 1. The number of rotatable bonds is 5. The first-order valence-corrected chi connectivity index (χ1v) is 10.7. The van der Waals surface area contributed by atoms with Crippen LogP contribution in [-0.2, 0) is 11.3 Å². The van der Waals surface area contributed by atoms with Crippen LogP contribution in [0.1, 0.15) is 41.3 Å². The Morgan fingerprint density at radius 1 is 1.30 bits per heavy atom. The predicted molar refractivity (Wildman–Crippen MR) is 115 cm³/mol. The SMILES string of the molecule is Cc1cc(-c2sc(N3C[C@@H](C)O[C@@H](C)C3)nc2CNC(=O)c2conc2C)ccn1. The van der Waals surface area contributed by atoms with Crippen LogP contribution >= 0.6 is 11.3 Å². The van der Waals surface area contributed by atoms with E-state index in [1.807, 2.05) is 19.1 Å². The zero-order chi connectivity index (χ0) is 21.3. The van der Waals surface area contributed by atoms with E-state index in [2.05, 4.69) is 34.2 Å². The summed E-state index contributed by atoms with van der Waals surface area (Å²) in [6.07, 6.45) is 3.44. The van der Waals surface area contributed by atoms with Crippen molar-refractivity contribution in [2.24, 2.45) is 0 Å². The van der Waals surface area contributed by atoms with E-state index in [-0.39, 0.29) is 18.1 Å². The summed E-state index contributed by atoms with van der Waals surface area (Å²) in [5.41, 5.74) is 3.81. The molecule has 0 aromatic carbocycles. The lowest BCUT2D eigenvalue weighted by atomic mass is 10.1. The standard InChI is InChI=1S/C21H25N5O3S/c1-12-7-16(5-6-22-12)19-18(8-23-20(27)17-11-28-25-15(17)4)24-21(30-19)26-9-13(2)29-14(3)10-26/h5-7,11,13-14H,8-10H2,1-4H3,(H,23,27)/t13-,14+. The van der Waals surface area contributed by atoms with Crippen LogP contribution in [0.4, 0.5) is 5.13 Å². The van der Waals surface area contributed by atoms with Crippen LogP contribution in [0.15, 0.2) is 29.1 Å². The summed E-state index contributed by atoms with van der Waals surface area (Å²) in [4.78, 5) is 25.0. The molecule has 3 aromatic heterocycles. The van der Waals surface area contributed by atoms with Crippen molar-refractivity contribution in [1.82, 2.24) is 20.4 Å². The van der Waals surface area contributed by atoms with Crippen molar-refractivity contribution in [3.8, 4) is 10.4 Å². The first-order valence-electron chi connectivity index (χ1n) is 9.93. The zero-order valence-corrected chi connectivity index (χ0v) is 18.3. The number of carbonyl (C=O) groups is 1. The largest absolute Gasteiger partial charge is 0.372 e. The Labute approximate surface area is 179 Å². The summed E-state index contributed by atoms with van der Waals surface area (Å²) < 4.78 is 10.7. The van der Waals surface area contributed by atoms with Crippen molar-refractivity contribution in [3.05, 3.63) is 47.2 Å². The molecule has 1 aliphatic rings. The van der Waals surface area contributed by atoms with Gasteiger partial charge in [0, 0.05) is 25.0 Å². The molecule has 4 heterocycles. The molecule has 30 heavy (non-hydrogen) atoms. The van der Waals surface area contributed by atoms with Crippen LogP contribution in [0.2, 0.25) is 0 Å². The minimum atomic E-state index is -0.228. The third-order valence-electron chi connectivity index (χ3n) is 4.95. The highest BCUT2D eigenvalue weighted by atomic mass is 32.1. The second kappa shape index (κ2) is 8.53. The van der Waals surface area contributed by atoms with Gasteiger partial charge in [0.25, 0.3) is 5.91 Å². The van der Waals surface area contributed by atoms with Gasteiger partial charge in [0.15, 0.2) is 5.13 Å². The lowest BCUT2D eigenvalue weighted by molar-refractivity contribution is -0.00523. The minimum Gasteiger partial charge on any atom is -0.372 e. The van der Waals surface area contributed by atoms with Gasteiger partial charge in [0.1, 0.15) is 11.8 Å². The quantitative estimate of drug-likeness (QED) is 0.667. The highest BCUT2D eigenvalue weighted by Gasteiger charge is 2.26. The van der Waals surface area contributed by atoms with E-state index in [1.165, 1.54) is 6.26 Å². The maximum Gasteiger partial charge on any atom is 0.256 e. The summed E-state index contributed by atoms with van der Waals surface area (Å²) in [7, 11) is 0. The molecule has 8 nitrogen and oxygen atoms in total. The smallest absolute Gasteiger partial charge is 0.256 e. The maximum atomic E-state index is 12.5. The van der Waals surface area contributed by atoms with Crippen LogP contribution in [0.5, 0.6) is 0 Å². The van der Waals surface area contributed by atoms with Crippen molar-refractivity contribution in [1.29, 1.82) is 0 Å². The Bertz CT molecular complexity index is 1040. The van der Waals surface area contributed by atoms with Gasteiger partial charge in [-0.2, -0.15) is 0 Å². The van der Waals surface area contributed by atoms with Gasteiger partial charge in [-0.25, -0.2) is 4.98 Å². The van der Waals surface area contributed by atoms with E-state index < -0.39 is 0 Å². The van der Waals surface area contributed by atoms with Crippen molar-refractivity contribution in [2.75, 3.05) is 18.0 Å². The van der Waals surface area contributed by atoms with Crippen LogP contribution < -0.4 is 10.2 Å². The molecule has 158 valence electrons. The Morgan fingerprint density at radius 2 is 2.07 bits per heavy atom. The van der Waals surface area contributed by atoms with Gasteiger partial charge in [0.05, 0.1) is 35.0 Å². The van der Waals surface area contributed by atoms with E-state index in [4.69, 9.17) is 14.2 Å². The number of hydrogen-bond donors (Lipinski definition) is 1. The first kappa shape index (κ1) is 20.5. The van der Waals surface area contributed by atoms with Crippen molar-refractivity contribution < 1.29 is 14.1 Å². The summed E-state index contributed by atoms with van der Waals surface area (Å²) in [5, 5.41) is 7.66. The molecule has 3 aromatic rings. The van der Waals surface area contributed by atoms with E-state index in [0.717, 1.165) is 40.0 Å². The number of nitrogens with zero attached hydrogens (tertiary/aromatic N) is 4. The molecule has 9 heteroatoms. The summed E-state index contributed by atoms with van der Waals surface area (Å²) in [6, 6.07) is 4.02. The van der Waals surface area contributed by atoms with E-state index in [9.17, 15) is 4.79 Å². The Balaban J connectivity index is 1.62. The lowest BCUT2D eigenvalue weighted by Crippen LogP contribution is -2.45. The summed E-state index contributed by atoms with van der Waals surface area (Å²) in [5.74, 6) is -0.228. The number of thiazole rings is 1. The van der Waals surface area contributed by atoms with Crippen LogP contribution in [-0.4, -0.2) is 46.3 Å². The summed E-state index contributed by atoms with van der Waals surface area (Å²) in [6.45, 7) is 9.75. The first-order chi connectivity index (χ1) is 14.4. The number of hydrogen-bond acceptors (Lipinski definition) is 8. The molecule has 1 aliphatic heterocycles. The Morgan fingerprint density at radius 3 is 2.73 bits per heavy atom. The van der Waals surface area contributed by atoms with Crippen molar-refractivity contribution in [3.63, 3.8) is 0 Å². The van der Waals surface area contributed by atoms with Gasteiger partial charge in [-0.05, 0) is 45.4 Å². The fourth-order valence-corrected chi connectivity index (χ4v) is 4.71. The number of aryl methyl sites for hydroxylation is 2. The van der Waals surface area contributed by atoms with Gasteiger partial charge in [0.2, 0.25) is 0 Å². The molecule has 0 unspecified atom stereocenters. The second-order valence-corrected chi connectivity index (χ2v) is 8.59. The Kier molecular flexibility index (Phi) is 5.83. The number of pyridine rings is 1. The topological polar surface area (TPSA) is 93.4 Å². The highest BCUT2D eigenvalue weighted by molar-refractivity contribution is 7.19. The molecule has 0 spiro atoms. The number of carbonyl (C=O) groups excluding carboxylic acids is 1. The molecule has 1 N–H and O–H groups in total. The number of anilines is 1. The fraction of sp³-hybridized carbons (Fsp3) is 0.429. The van der Waals surface area contributed by atoms with Crippen LogP contribution in [0, 0.1) is 13.8 Å². The van der Waals surface area contributed by atoms with Gasteiger partial charge < -0.3 is 19.5 Å². The molecule has 0 radical (unpaired) electrons. The van der Waals surface area contributed by atoms with Gasteiger partial charge in [-0.15, -0.1) is 0 Å². The average molecular weight is 428 g/mol. The third kappa shape index (κ3) is 4.36. The summed E-state index contributed by atoms with van der Waals surface area (Å²) >= 11 is 1.63. The van der Waals surface area contributed by atoms with Crippen LogP contribution in [0.25, 0.3) is 10.4 Å². The molecule has 0 saturated carbocycles. The Hall–Kier alpha value is -2.78. The minimum absolute atomic E-state index is 0.143. The lowest BCUT2D eigenvalue weighted by Gasteiger charge is -2.35. The van der Waals surface area contributed by atoms with E-state index in [0.29, 0.717) is 17.8 Å². The molecule has 1 amide bonds. The monoisotopic (exact) mass is 427 g/mol. The molecule has 4 rings (SSSR count). The van der Waals surface area contributed by atoms with Crippen LogP contribution in [0.3, 0.4) is 0 Å². The molecule has 0 bridgehead atoms. The normalized spacial score (nSPS) is 19.1.